The van der Waals surface area contributed by atoms with Crippen LogP contribution in [0.5, 0.6) is 0 Å². The predicted octanol–water partition coefficient (Wildman–Crippen LogP) is 2.46. The van der Waals surface area contributed by atoms with Crippen LogP contribution in [0.3, 0.4) is 0 Å². The van der Waals surface area contributed by atoms with Crippen molar-refractivity contribution >= 4 is 0 Å². The molecule has 0 radical (unpaired) electrons. The summed E-state index contributed by atoms with van der Waals surface area (Å²) < 4.78 is 0. The van der Waals surface area contributed by atoms with Gasteiger partial charge >= 0.3 is 0 Å². The lowest BCUT2D eigenvalue weighted by atomic mass is 9.80. The normalized spacial score (nSPS) is 27.8. The summed E-state index contributed by atoms with van der Waals surface area (Å²) in [5, 5.41) is 13.7. The zero-order valence-electron chi connectivity index (χ0n) is 9.80. The fourth-order valence-electron chi connectivity index (χ4n) is 3.09. The second kappa shape index (κ2) is 5.31. The Morgan fingerprint density at radius 3 is 2.40 bits per heavy atom. The standard InChI is InChI=1S/C13H25NO/c15-13(8-10-14-11-9-13)7-6-12-4-2-1-3-5-12/h12,14-15H,1-11H2. The van der Waals surface area contributed by atoms with Crippen molar-refractivity contribution in [2.75, 3.05) is 13.1 Å². The largest absolute Gasteiger partial charge is 0.390 e. The van der Waals surface area contributed by atoms with Gasteiger partial charge in [-0.25, -0.2) is 0 Å². The number of piperidine rings is 1. The van der Waals surface area contributed by atoms with Crippen molar-refractivity contribution in [1.82, 2.24) is 5.32 Å². The molecule has 15 heavy (non-hydrogen) atoms. The van der Waals surface area contributed by atoms with E-state index < -0.39 is 0 Å². The summed E-state index contributed by atoms with van der Waals surface area (Å²) in [5.74, 6) is 0.915. The molecule has 0 atom stereocenters. The Balaban J connectivity index is 1.70. The van der Waals surface area contributed by atoms with Gasteiger partial charge in [-0.05, 0) is 44.7 Å². The molecular weight excluding hydrogens is 186 g/mol. The van der Waals surface area contributed by atoms with Gasteiger partial charge in [-0.3, -0.25) is 0 Å². The highest BCUT2D eigenvalue weighted by molar-refractivity contribution is 4.85. The number of aliphatic hydroxyl groups is 1. The Morgan fingerprint density at radius 2 is 1.73 bits per heavy atom. The Kier molecular flexibility index (Phi) is 4.04. The van der Waals surface area contributed by atoms with Gasteiger partial charge in [0.05, 0.1) is 5.60 Å². The summed E-state index contributed by atoms with van der Waals surface area (Å²) >= 11 is 0. The van der Waals surface area contributed by atoms with E-state index in [1.807, 2.05) is 0 Å². The van der Waals surface area contributed by atoms with Crippen LogP contribution < -0.4 is 5.32 Å². The third-order valence-electron chi connectivity index (χ3n) is 4.28. The fraction of sp³-hybridized carbons (Fsp3) is 1.00. The van der Waals surface area contributed by atoms with Gasteiger partial charge < -0.3 is 10.4 Å². The van der Waals surface area contributed by atoms with Gasteiger partial charge in [0.1, 0.15) is 0 Å². The summed E-state index contributed by atoms with van der Waals surface area (Å²) in [5.41, 5.74) is -0.331. The molecule has 1 heterocycles. The first-order valence-electron chi connectivity index (χ1n) is 6.72. The molecule has 0 amide bonds. The monoisotopic (exact) mass is 211 g/mol. The molecule has 88 valence electrons. The SMILES string of the molecule is OC1(CCC2CCCCC2)CCNCC1. The Bertz CT molecular complexity index is 181. The van der Waals surface area contributed by atoms with Crippen molar-refractivity contribution < 1.29 is 5.11 Å². The van der Waals surface area contributed by atoms with Crippen molar-refractivity contribution in [2.24, 2.45) is 5.92 Å². The average molecular weight is 211 g/mol. The zero-order valence-corrected chi connectivity index (χ0v) is 9.80. The minimum Gasteiger partial charge on any atom is -0.390 e. The van der Waals surface area contributed by atoms with Gasteiger partial charge in [0.15, 0.2) is 0 Å². The molecule has 0 unspecified atom stereocenters. The molecule has 0 aromatic heterocycles. The van der Waals surface area contributed by atoms with E-state index in [9.17, 15) is 5.11 Å². The van der Waals surface area contributed by atoms with E-state index in [4.69, 9.17) is 0 Å². The Labute approximate surface area is 93.5 Å². The van der Waals surface area contributed by atoms with E-state index in [0.29, 0.717) is 0 Å². The lowest BCUT2D eigenvalue weighted by Crippen LogP contribution is -2.42. The summed E-state index contributed by atoms with van der Waals surface area (Å²) in [6.45, 7) is 2.00. The molecular formula is C13H25NO. The minimum atomic E-state index is -0.331. The second-order valence-electron chi connectivity index (χ2n) is 5.52. The van der Waals surface area contributed by atoms with Gasteiger partial charge in [-0.1, -0.05) is 32.1 Å². The molecule has 2 N–H and O–H groups in total. The van der Waals surface area contributed by atoms with E-state index in [0.717, 1.165) is 38.3 Å². The van der Waals surface area contributed by atoms with Crippen LogP contribution in [0.4, 0.5) is 0 Å². The van der Waals surface area contributed by atoms with Crippen molar-refractivity contribution in [3.63, 3.8) is 0 Å². The Morgan fingerprint density at radius 1 is 1.07 bits per heavy atom. The van der Waals surface area contributed by atoms with Crippen molar-refractivity contribution in [3.05, 3.63) is 0 Å². The molecule has 1 aliphatic carbocycles. The lowest BCUT2D eigenvalue weighted by molar-refractivity contribution is -0.00409. The van der Waals surface area contributed by atoms with Gasteiger partial charge in [-0.15, -0.1) is 0 Å². The number of rotatable bonds is 3. The molecule has 1 saturated heterocycles. The minimum absolute atomic E-state index is 0.331. The zero-order chi connectivity index (χ0) is 10.6. The third-order valence-corrected chi connectivity index (χ3v) is 4.28. The number of hydrogen-bond donors (Lipinski definition) is 2. The van der Waals surface area contributed by atoms with Gasteiger partial charge in [-0.2, -0.15) is 0 Å². The number of nitrogens with one attached hydrogen (secondary N) is 1. The first-order chi connectivity index (χ1) is 7.29. The van der Waals surface area contributed by atoms with Crippen LogP contribution >= 0.6 is 0 Å². The maximum atomic E-state index is 10.4. The van der Waals surface area contributed by atoms with E-state index in [1.165, 1.54) is 38.5 Å². The van der Waals surface area contributed by atoms with Crippen LogP contribution in [-0.4, -0.2) is 23.8 Å². The van der Waals surface area contributed by atoms with Crippen LogP contribution in [0.2, 0.25) is 0 Å². The highest BCUT2D eigenvalue weighted by Crippen LogP contribution is 2.32. The molecule has 2 nitrogen and oxygen atoms in total. The van der Waals surface area contributed by atoms with Crippen molar-refractivity contribution in [3.8, 4) is 0 Å². The molecule has 2 fully saturated rings. The number of hydrogen-bond acceptors (Lipinski definition) is 2. The van der Waals surface area contributed by atoms with Crippen molar-refractivity contribution in [2.45, 2.75) is 63.4 Å². The fourth-order valence-corrected chi connectivity index (χ4v) is 3.09. The summed E-state index contributed by atoms with van der Waals surface area (Å²) in [7, 11) is 0. The molecule has 0 bridgehead atoms. The molecule has 1 aliphatic heterocycles. The lowest BCUT2D eigenvalue weighted by Gasteiger charge is -2.34. The predicted molar refractivity (Wildman–Crippen MR) is 62.9 cm³/mol. The van der Waals surface area contributed by atoms with E-state index >= 15 is 0 Å². The second-order valence-corrected chi connectivity index (χ2v) is 5.52. The molecule has 2 rings (SSSR count). The smallest absolute Gasteiger partial charge is 0.0672 e. The van der Waals surface area contributed by atoms with Crippen LogP contribution in [-0.2, 0) is 0 Å². The van der Waals surface area contributed by atoms with E-state index in [-0.39, 0.29) is 5.60 Å². The molecule has 2 heteroatoms. The van der Waals surface area contributed by atoms with E-state index in [2.05, 4.69) is 5.32 Å². The Hall–Kier alpha value is -0.0800. The molecule has 0 spiro atoms. The molecule has 0 aromatic carbocycles. The third kappa shape index (κ3) is 3.46. The van der Waals surface area contributed by atoms with Crippen LogP contribution in [0.1, 0.15) is 57.8 Å². The quantitative estimate of drug-likeness (QED) is 0.751. The maximum absolute atomic E-state index is 10.4. The van der Waals surface area contributed by atoms with Gasteiger partial charge in [0, 0.05) is 0 Å². The first kappa shape index (κ1) is 11.4. The van der Waals surface area contributed by atoms with Crippen molar-refractivity contribution in [1.29, 1.82) is 0 Å². The van der Waals surface area contributed by atoms with Crippen LogP contribution in [0.15, 0.2) is 0 Å². The molecule has 0 aromatic rings. The maximum Gasteiger partial charge on any atom is 0.0672 e. The molecule has 1 saturated carbocycles. The summed E-state index contributed by atoms with van der Waals surface area (Å²) in [6.07, 6.45) is 11.3. The molecule has 2 aliphatic rings. The van der Waals surface area contributed by atoms with Gasteiger partial charge in [0.2, 0.25) is 0 Å². The van der Waals surface area contributed by atoms with Gasteiger partial charge in [0.25, 0.3) is 0 Å². The highest BCUT2D eigenvalue weighted by atomic mass is 16.3. The topological polar surface area (TPSA) is 32.3 Å². The highest BCUT2D eigenvalue weighted by Gasteiger charge is 2.29. The average Bonchev–Trinajstić information content (AvgIpc) is 2.29. The first-order valence-corrected chi connectivity index (χ1v) is 6.72. The van der Waals surface area contributed by atoms with Crippen LogP contribution in [0, 0.1) is 5.92 Å². The summed E-state index contributed by atoms with van der Waals surface area (Å²) in [6, 6.07) is 0. The van der Waals surface area contributed by atoms with E-state index in [1.54, 1.807) is 0 Å². The summed E-state index contributed by atoms with van der Waals surface area (Å²) in [4.78, 5) is 0. The van der Waals surface area contributed by atoms with Crippen LogP contribution in [0.25, 0.3) is 0 Å².